The minimum Gasteiger partial charge on any atom is -0.494 e. The second-order valence-electron chi connectivity index (χ2n) is 7.04. The van der Waals surface area contributed by atoms with Crippen molar-refractivity contribution in [3.05, 3.63) is 24.3 Å². The molecule has 0 bridgehead atoms. The summed E-state index contributed by atoms with van der Waals surface area (Å²) in [7, 11) is 1.59. The van der Waals surface area contributed by atoms with Crippen molar-refractivity contribution in [1.29, 1.82) is 0 Å². The van der Waals surface area contributed by atoms with Gasteiger partial charge in [0, 0.05) is 39.8 Å². The predicted octanol–water partition coefficient (Wildman–Crippen LogP) is 1.52. The first-order valence-corrected chi connectivity index (χ1v) is 12.5. The van der Waals surface area contributed by atoms with Crippen LogP contribution in [0.1, 0.15) is 6.92 Å². The first-order valence-electron chi connectivity index (χ1n) is 10.7. The smallest absolute Gasteiger partial charge is 0.260 e. The van der Waals surface area contributed by atoms with Gasteiger partial charge in [-0.05, 0) is 31.2 Å². The van der Waals surface area contributed by atoms with Gasteiger partial charge in [0.25, 0.3) is 5.91 Å². The fourth-order valence-corrected chi connectivity index (χ4v) is 4.76. The van der Waals surface area contributed by atoms with Crippen molar-refractivity contribution in [2.75, 3.05) is 70.3 Å². The van der Waals surface area contributed by atoms with Gasteiger partial charge < -0.3 is 29.3 Å². The highest BCUT2D eigenvalue weighted by Crippen LogP contribution is 2.28. The number of methoxy groups -OCH3 is 1. The Morgan fingerprint density at radius 1 is 1.09 bits per heavy atom. The average molecular weight is 496 g/mol. The fourth-order valence-electron chi connectivity index (χ4n) is 3.04. The maximum atomic E-state index is 12.5. The van der Waals surface area contributed by atoms with Gasteiger partial charge in [-0.1, -0.05) is 23.1 Å². The minimum absolute atomic E-state index is 0.0000223. The number of hydrogen-bond acceptors (Lipinski definition) is 10. The molecule has 12 heteroatoms. The van der Waals surface area contributed by atoms with Crippen LogP contribution in [-0.2, 0) is 14.3 Å². The van der Waals surface area contributed by atoms with E-state index in [2.05, 4.69) is 20.4 Å². The quantitative estimate of drug-likeness (QED) is 0.346. The summed E-state index contributed by atoms with van der Waals surface area (Å²) < 4.78 is 16.7. The second kappa shape index (κ2) is 13.2. The van der Waals surface area contributed by atoms with Crippen molar-refractivity contribution < 1.29 is 23.8 Å². The molecule has 0 saturated carbocycles. The first kappa shape index (κ1) is 25.1. The number of benzene rings is 1. The van der Waals surface area contributed by atoms with Crippen LogP contribution in [0.3, 0.4) is 0 Å². The Hall–Kier alpha value is -2.57. The maximum Gasteiger partial charge on any atom is 0.260 e. The molecule has 10 nitrogen and oxygen atoms in total. The van der Waals surface area contributed by atoms with E-state index < -0.39 is 0 Å². The van der Waals surface area contributed by atoms with Crippen molar-refractivity contribution in [3.63, 3.8) is 0 Å². The third-order valence-electron chi connectivity index (χ3n) is 4.75. The lowest BCUT2D eigenvalue weighted by molar-refractivity contribution is -0.133. The lowest BCUT2D eigenvalue weighted by Gasteiger charge is -2.34. The van der Waals surface area contributed by atoms with Crippen molar-refractivity contribution in [1.82, 2.24) is 20.4 Å². The van der Waals surface area contributed by atoms with Crippen LogP contribution in [0.2, 0.25) is 0 Å². The summed E-state index contributed by atoms with van der Waals surface area (Å²) in [5, 5.41) is 12.0. The van der Waals surface area contributed by atoms with Gasteiger partial charge in [-0.25, -0.2) is 0 Å². The lowest BCUT2D eigenvalue weighted by atomic mass is 10.3. The molecule has 3 rings (SSSR count). The summed E-state index contributed by atoms with van der Waals surface area (Å²) >= 11 is 2.82. The molecule has 0 unspecified atom stereocenters. The topological polar surface area (TPSA) is 106 Å². The Morgan fingerprint density at radius 3 is 2.45 bits per heavy atom. The number of hydrogen-bond donors (Lipinski definition) is 1. The third-order valence-corrected chi connectivity index (χ3v) is 6.87. The van der Waals surface area contributed by atoms with E-state index in [0.717, 1.165) is 15.2 Å². The third kappa shape index (κ3) is 8.06. The second-order valence-corrected chi connectivity index (χ2v) is 9.22. The standard InChI is InChI=1S/C21H29N5O5S2/c1-3-30-16-4-6-17(7-5-16)31-14-19(28)25-9-11-26(12-10-25)20-23-24-21(33-20)32-15-18(27)22-8-13-29-2/h4-7H,3,8-15H2,1-2H3,(H,22,27). The van der Waals surface area contributed by atoms with E-state index in [1.165, 1.54) is 23.1 Å². The van der Waals surface area contributed by atoms with Crippen LogP contribution in [0.25, 0.3) is 0 Å². The van der Waals surface area contributed by atoms with Crippen LogP contribution >= 0.6 is 23.1 Å². The number of rotatable bonds is 12. The molecule has 33 heavy (non-hydrogen) atoms. The van der Waals surface area contributed by atoms with Gasteiger partial charge in [0.1, 0.15) is 11.5 Å². The van der Waals surface area contributed by atoms with Gasteiger partial charge in [-0.3, -0.25) is 9.59 Å². The average Bonchev–Trinajstić information content (AvgIpc) is 3.32. The van der Waals surface area contributed by atoms with Crippen LogP contribution in [0.5, 0.6) is 11.5 Å². The van der Waals surface area contributed by atoms with Gasteiger partial charge in [0.2, 0.25) is 11.0 Å². The zero-order valence-corrected chi connectivity index (χ0v) is 20.5. The Morgan fingerprint density at radius 2 is 1.79 bits per heavy atom. The van der Waals surface area contributed by atoms with Crippen LogP contribution < -0.4 is 19.7 Å². The number of aromatic nitrogens is 2. The molecule has 2 aromatic rings. The number of piperazine rings is 1. The molecule has 180 valence electrons. The first-order chi connectivity index (χ1) is 16.1. The molecule has 0 radical (unpaired) electrons. The molecule has 1 aromatic carbocycles. The number of nitrogens with zero attached hydrogens (tertiary/aromatic N) is 4. The molecule has 1 aromatic heterocycles. The van der Waals surface area contributed by atoms with Crippen molar-refractivity contribution in [2.24, 2.45) is 0 Å². The van der Waals surface area contributed by atoms with Gasteiger partial charge in [0.15, 0.2) is 10.9 Å². The summed E-state index contributed by atoms with van der Waals surface area (Å²) in [6, 6.07) is 7.24. The van der Waals surface area contributed by atoms with E-state index >= 15 is 0 Å². The zero-order chi connectivity index (χ0) is 23.5. The molecule has 0 atom stereocenters. The number of anilines is 1. The van der Waals surface area contributed by atoms with E-state index in [0.29, 0.717) is 51.7 Å². The predicted molar refractivity (Wildman–Crippen MR) is 127 cm³/mol. The van der Waals surface area contributed by atoms with E-state index in [9.17, 15) is 9.59 Å². The largest absolute Gasteiger partial charge is 0.494 e. The summed E-state index contributed by atoms with van der Waals surface area (Å²) in [6.07, 6.45) is 0. The SMILES string of the molecule is CCOc1ccc(OCC(=O)N2CCN(c3nnc(SCC(=O)NCCOC)s3)CC2)cc1. The molecule has 2 amide bonds. The molecular weight excluding hydrogens is 466 g/mol. The Balaban J connectivity index is 1.37. The van der Waals surface area contributed by atoms with Crippen molar-refractivity contribution >= 4 is 40.0 Å². The van der Waals surface area contributed by atoms with E-state index in [1.807, 2.05) is 19.1 Å². The summed E-state index contributed by atoms with van der Waals surface area (Å²) in [5.74, 6) is 1.59. The number of nitrogens with one attached hydrogen (secondary N) is 1. The van der Waals surface area contributed by atoms with Gasteiger partial charge >= 0.3 is 0 Å². The van der Waals surface area contributed by atoms with Crippen molar-refractivity contribution in [3.8, 4) is 11.5 Å². The summed E-state index contributed by atoms with van der Waals surface area (Å²) in [6.45, 7) is 6.04. The van der Waals surface area contributed by atoms with Gasteiger partial charge in [-0.15, -0.1) is 10.2 Å². The molecular formula is C21H29N5O5S2. The van der Waals surface area contributed by atoms with Crippen LogP contribution in [0, 0.1) is 0 Å². The van der Waals surface area contributed by atoms with Crippen LogP contribution in [-0.4, -0.2) is 92.3 Å². The number of ether oxygens (including phenoxy) is 3. The summed E-state index contributed by atoms with van der Waals surface area (Å²) in [4.78, 5) is 28.2. The number of carbonyl (C=O) groups is 2. The minimum atomic E-state index is -0.0617. The highest BCUT2D eigenvalue weighted by atomic mass is 32.2. The molecule has 0 spiro atoms. The van der Waals surface area contributed by atoms with Gasteiger partial charge in [0.05, 0.1) is 19.0 Å². The molecule has 1 fully saturated rings. The monoisotopic (exact) mass is 495 g/mol. The van der Waals surface area contributed by atoms with Crippen LogP contribution in [0.15, 0.2) is 28.6 Å². The molecule has 0 aliphatic carbocycles. The Kier molecular flexibility index (Phi) is 10.0. The maximum absolute atomic E-state index is 12.5. The highest BCUT2D eigenvalue weighted by molar-refractivity contribution is 8.01. The molecule has 2 heterocycles. The van der Waals surface area contributed by atoms with Crippen molar-refractivity contribution in [2.45, 2.75) is 11.3 Å². The van der Waals surface area contributed by atoms with E-state index in [1.54, 1.807) is 24.1 Å². The highest BCUT2D eigenvalue weighted by Gasteiger charge is 2.24. The van der Waals surface area contributed by atoms with Gasteiger partial charge in [-0.2, -0.15) is 0 Å². The van der Waals surface area contributed by atoms with Crippen LogP contribution in [0.4, 0.5) is 5.13 Å². The lowest BCUT2D eigenvalue weighted by Crippen LogP contribution is -2.50. The van der Waals surface area contributed by atoms with E-state index in [4.69, 9.17) is 14.2 Å². The normalized spacial score (nSPS) is 13.6. The number of amides is 2. The molecule has 1 aliphatic heterocycles. The molecule has 1 N–H and O–H groups in total. The number of thioether (sulfide) groups is 1. The Bertz CT molecular complexity index is 887. The molecule has 1 aliphatic rings. The van der Waals surface area contributed by atoms with E-state index in [-0.39, 0.29) is 24.2 Å². The Labute approximate surface area is 201 Å². The fraction of sp³-hybridized carbons (Fsp3) is 0.524. The molecule has 1 saturated heterocycles. The summed E-state index contributed by atoms with van der Waals surface area (Å²) in [5.41, 5.74) is 0. The zero-order valence-electron chi connectivity index (χ0n) is 18.8. The number of carbonyl (C=O) groups excluding carboxylic acids is 2.